The van der Waals surface area contributed by atoms with Gasteiger partial charge in [0.1, 0.15) is 0 Å². The van der Waals surface area contributed by atoms with Crippen LogP contribution in [-0.2, 0) is 6.42 Å². The Bertz CT molecular complexity index is 436. The van der Waals surface area contributed by atoms with Gasteiger partial charge in [0.2, 0.25) is 0 Å². The quantitative estimate of drug-likeness (QED) is 0.905. The molecule has 1 N–H and O–H groups in total. The number of rotatable bonds is 3. The van der Waals surface area contributed by atoms with E-state index >= 15 is 0 Å². The summed E-state index contributed by atoms with van der Waals surface area (Å²) in [4.78, 5) is 13.9. The second-order valence-corrected chi connectivity index (χ2v) is 5.74. The Kier molecular flexibility index (Phi) is 5.08. The first-order chi connectivity index (χ1) is 9.15. The van der Waals surface area contributed by atoms with Gasteiger partial charge in [-0.3, -0.25) is 0 Å². The molecule has 0 radical (unpaired) electrons. The van der Waals surface area contributed by atoms with E-state index in [1.165, 1.54) is 6.42 Å². The van der Waals surface area contributed by atoms with Crippen molar-refractivity contribution in [2.75, 3.05) is 19.6 Å². The third-order valence-electron chi connectivity index (χ3n) is 3.52. The smallest absolute Gasteiger partial charge is 0.317 e. The summed E-state index contributed by atoms with van der Waals surface area (Å²) >= 11 is 5.93. The number of hydrogen-bond acceptors (Lipinski definition) is 1. The number of amides is 2. The molecule has 1 aromatic carbocycles. The van der Waals surface area contributed by atoms with Crippen LogP contribution in [0.4, 0.5) is 4.79 Å². The van der Waals surface area contributed by atoms with Gasteiger partial charge in [0, 0.05) is 24.7 Å². The highest BCUT2D eigenvalue weighted by Gasteiger charge is 2.20. The maximum absolute atomic E-state index is 12.0. The predicted octanol–water partition coefficient (Wildman–Crippen LogP) is 3.32. The highest BCUT2D eigenvalue weighted by Crippen LogP contribution is 2.15. The average Bonchev–Trinajstić information content (AvgIpc) is 2.38. The molecule has 1 unspecified atom stereocenters. The summed E-state index contributed by atoms with van der Waals surface area (Å²) in [6.45, 7) is 4.62. The first-order valence-corrected chi connectivity index (χ1v) is 7.30. The first kappa shape index (κ1) is 14.2. The van der Waals surface area contributed by atoms with Crippen molar-refractivity contribution in [3.8, 4) is 0 Å². The lowest BCUT2D eigenvalue weighted by Crippen LogP contribution is -2.45. The second kappa shape index (κ2) is 6.80. The Labute approximate surface area is 119 Å². The summed E-state index contributed by atoms with van der Waals surface area (Å²) in [6.07, 6.45) is 3.16. The molecular formula is C15H21ClN2O. The molecular weight excluding hydrogens is 260 g/mol. The summed E-state index contributed by atoms with van der Waals surface area (Å²) in [5, 5.41) is 3.73. The predicted molar refractivity (Wildman–Crippen MR) is 78.5 cm³/mol. The topological polar surface area (TPSA) is 32.3 Å². The van der Waals surface area contributed by atoms with Crippen molar-refractivity contribution in [2.24, 2.45) is 5.92 Å². The second-order valence-electron chi connectivity index (χ2n) is 5.31. The largest absolute Gasteiger partial charge is 0.338 e. The molecule has 19 heavy (non-hydrogen) atoms. The summed E-state index contributed by atoms with van der Waals surface area (Å²) in [7, 11) is 0. The van der Waals surface area contributed by atoms with Gasteiger partial charge in [0.05, 0.1) is 0 Å². The molecule has 1 saturated heterocycles. The van der Waals surface area contributed by atoms with Crippen LogP contribution in [0.2, 0.25) is 5.02 Å². The van der Waals surface area contributed by atoms with Gasteiger partial charge in [-0.15, -0.1) is 0 Å². The van der Waals surface area contributed by atoms with Crippen LogP contribution in [0.3, 0.4) is 0 Å². The van der Waals surface area contributed by atoms with Crippen LogP contribution < -0.4 is 5.32 Å². The standard InChI is InChI=1S/C15H21ClN2O/c1-12-4-3-9-18(11-12)15(19)17-8-7-13-5-2-6-14(16)10-13/h2,5-6,10,12H,3-4,7-9,11H2,1H3,(H,17,19). The van der Waals surface area contributed by atoms with Crippen LogP contribution in [0.1, 0.15) is 25.3 Å². The number of urea groups is 1. The molecule has 1 aliphatic rings. The van der Waals surface area contributed by atoms with E-state index in [9.17, 15) is 4.79 Å². The lowest BCUT2D eigenvalue weighted by atomic mass is 10.0. The molecule has 0 saturated carbocycles. The number of nitrogens with one attached hydrogen (secondary N) is 1. The van der Waals surface area contributed by atoms with E-state index in [-0.39, 0.29) is 6.03 Å². The maximum Gasteiger partial charge on any atom is 0.317 e. The van der Waals surface area contributed by atoms with Crippen molar-refractivity contribution in [2.45, 2.75) is 26.2 Å². The van der Waals surface area contributed by atoms with Crippen LogP contribution in [0.5, 0.6) is 0 Å². The van der Waals surface area contributed by atoms with Gasteiger partial charge < -0.3 is 10.2 Å². The third-order valence-corrected chi connectivity index (χ3v) is 3.76. The number of likely N-dealkylation sites (tertiary alicyclic amines) is 1. The highest BCUT2D eigenvalue weighted by molar-refractivity contribution is 6.30. The Balaban J connectivity index is 1.74. The van der Waals surface area contributed by atoms with Crippen molar-refractivity contribution in [1.82, 2.24) is 10.2 Å². The Morgan fingerprint density at radius 1 is 1.53 bits per heavy atom. The van der Waals surface area contributed by atoms with Crippen molar-refractivity contribution in [3.63, 3.8) is 0 Å². The molecule has 0 aliphatic carbocycles. The Morgan fingerprint density at radius 2 is 2.37 bits per heavy atom. The molecule has 2 amide bonds. The molecule has 0 bridgehead atoms. The number of benzene rings is 1. The van der Waals surface area contributed by atoms with Crippen molar-refractivity contribution >= 4 is 17.6 Å². The highest BCUT2D eigenvalue weighted by atomic mass is 35.5. The molecule has 3 nitrogen and oxygen atoms in total. The number of carbonyl (C=O) groups is 1. The van der Waals surface area contributed by atoms with Crippen LogP contribution in [0, 0.1) is 5.92 Å². The fraction of sp³-hybridized carbons (Fsp3) is 0.533. The molecule has 104 valence electrons. The maximum atomic E-state index is 12.0. The summed E-state index contributed by atoms with van der Waals surface area (Å²) < 4.78 is 0. The Hall–Kier alpha value is -1.22. The van der Waals surface area contributed by atoms with E-state index in [2.05, 4.69) is 12.2 Å². The van der Waals surface area contributed by atoms with Crippen molar-refractivity contribution < 1.29 is 4.79 Å². The van der Waals surface area contributed by atoms with Gasteiger partial charge in [0.15, 0.2) is 0 Å². The van der Waals surface area contributed by atoms with Gasteiger partial charge in [-0.25, -0.2) is 4.79 Å². The first-order valence-electron chi connectivity index (χ1n) is 6.92. The lowest BCUT2D eigenvalue weighted by molar-refractivity contribution is 0.170. The molecule has 1 fully saturated rings. The number of nitrogens with zero attached hydrogens (tertiary/aromatic N) is 1. The fourth-order valence-electron chi connectivity index (χ4n) is 2.49. The molecule has 2 rings (SSSR count). The van der Waals surface area contributed by atoms with E-state index in [1.54, 1.807) is 0 Å². The van der Waals surface area contributed by atoms with Crippen LogP contribution >= 0.6 is 11.6 Å². The van der Waals surface area contributed by atoms with Gasteiger partial charge in [-0.2, -0.15) is 0 Å². The third kappa shape index (κ3) is 4.43. The van der Waals surface area contributed by atoms with Crippen LogP contribution in [0.25, 0.3) is 0 Å². The SMILES string of the molecule is CC1CCCN(C(=O)NCCc2cccc(Cl)c2)C1. The van der Waals surface area contributed by atoms with E-state index in [1.807, 2.05) is 29.2 Å². The van der Waals surface area contributed by atoms with E-state index in [4.69, 9.17) is 11.6 Å². The zero-order valence-corrected chi connectivity index (χ0v) is 12.1. The van der Waals surface area contributed by atoms with E-state index in [0.717, 1.165) is 36.5 Å². The van der Waals surface area contributed by atoms with E-state index in [0.29, 0.717) is 12.5 Å². The zero-order valence-electron chi connectivity index (χ0n) is 11.4. The minimum absolute atomic E-state index is 0.0635. The van der Waals surface area contributed by atoms with Crippen molar-refractivity contribution in [3.05, 3.63) is 34.9 Å². The molecule has 1 aliphatic heterocycles. The number of piperidine rings is 1. The minimum atomic E-state index is 0.0635. The molecule has 1 atom stereocenters. The van der Waals surface area contributed by atoms with Crippen molar-refractivity contribution in [1.29, 1.82) is 0 Å². The fourth-order valence-corrected chi connectivity index (χ4v) is 2.70. The minimum Gasteiger partial charge on any atom is -0.338 e. The average molecular weight is 281 g/mol. The monoisotopic (exact) mass is 280 g/mol. The zero-order chi connectivity index (χ0) is 13.7. The molecule has 0 aromatic heterocycles. The number of carbonyl (C=O) groups excluding carboxylic acids is 1. The Morgan fingerprint density at radius 3 is 3.11 bits per heavy atom. The van der Waals surface area contributed by atoms with E-state index < -0.39 is 0 Å². The molecule has 4 heteroatoms. The summed E-state index contributed by atoms with van der Waals surface area (Å²) in [6, 6.07) is 7.83. The van der Waals surface area contributed by atoms with Gasteiger partial charge >= 0.3 is 6.03 Å². The van der Waals surface area contributed by atoms with Gasteiger partial charge in [0.25, 0.3) is 0 Å². The normalized spacial score (nSPS) is 19.3. The van der Waals surface area contributed by atoms with Crippen LogP contribution in [0.15, 0.2) is 24.3 Å². The molecule has 1 heterocycles. The summed E-state index contributed by atoms with van der Waals surface area (Å²) in [5.74, 6) is 0.618. The summed E-state index contributed by atoms with van der Waals surface area (Å²) in [5.41, 5.74) is 1.15. The molecule has 1 aromatic rings. The van der Waals surface area contributed by atoms with Crippen LogP contribution in [-0.4, -0.2) is 30.6 Å². The lowest BCUT2D eigenvalue weighted by Gasteiger charge is -2.30. The molecule has 0 spiro atoms. The van der Waals surface area contributed by atoms with Gasteiger partial charge in [-0.1, -0.05) is 30.7 Å². The number of halogens is 1. The number of hydrogen-bond donors (Lipinski definition) is 1. The van der Waals surface area contributed by atoms with Gasteiger partial charge in [-0.05, 0) is 42.9 Å².